The van der Waals surface area contributed by atoms with E-state index in [9.17, 15) is 10.1 Å². The number of nitrogens with zero attached hydrogens (tertiary/aromatic N) is 1. The molecule has 0 aliphatic rings. The summed E-state index contributed by atoms with van der Waals surface area (Å²) < 4.78 is 0. The van der Waals surface area contributed by atoms with Gasteiger partial charge in [0.2, 0.25) is 0 Å². The van der Waals surface area contributed by atoms with Gasteiger partial charge in [0, 0.05) is 28.6 Å². The van der Waals surface area contributed by atoms with E-state index in [2.05, 4.69) is 5.32 Å². The molecule has 1 aromatic carbocycles. The molecule has 0 aromatic heterocycles. The van der Waals surface area contributed by atoms with Gasteiger partial charge in [0.25, 0.3) is 5.69 Å². The summed E-state index contributed by atoms with van der Waals surface area (Å²) in [5.74, 6) is 0.0626. The average molecular weight is 257 g/mol. The lowest BCUT2D eigenvalue weighted by Crippen LogP contribution is -2.30. The number of rotatable bonds is 5. The van der Waals surface area contributed by atoms with Crippen molar-refractivity contribution < 1.29 is 4.92 Å². The van der Waals surface area contributed by atoms with Gasteiger partial charge in [-0.25, -0.2) is 0 Å². The van der Waals surface area contributed by atoms with E-state index in [-0.39, 0.29) is 22.6 Å². The lowest BCUT2D eigenvalue weighted by Gasteiger charge is -2.20. The summed E-state index contributed by atoms with van der Waals surface area (Å²) in [6.07, 6.45) is 0. The van der Waals surface area contributed by atoms with E-state index >= 15 is 0 Å². The maximum Gasteiger partial charge on any atom is 0.274 e. The summed E-state index contributed by atoms with van der Waals surface area (Å²) in [7, 11) is 0. The molecule has 0 fully saturated rings. The molecule has 0 amide bonds. The van der Waals surface area contributed by atoms with Crippen molar-refractivity contribution in [2.24, 2.45) is 0 Å². The number of hydrogen-bond donors (Lipinski definition) is 1. The Labute approximate surface area is 106 Å². The first-order valence-electron chi connectivity index (χ1n) is 5.64. The van der Waals surface area contributed by atoms with Crippen LogP contribution in [0.3, 0.4) is 0 Å². The Morgan fingerprint density at radius 2 is 2.12 bits per heavy atom. The van der Waals surface area contributed by atoms with E-state index in [1.807, 2.05) is 20.8 Å². The Morgan fingerprint density at radius 3 is 2.65 bits per heavy atom. The zero-order chi connectivity index (χ0) is 13.0. The molecule has 0 saturated carbocycles. The smallest absolute Gasteiger partial charge is 0.274 e. The van der Waals surface area contributed by atoms with E-state index in [4.69, 9.17) is 11.6 Å². The number of hydrogen-bond acceptors (Lipinski definition) is 3. The van der Waals surface area contributed by atoms with Crippen LogP contribution in [0.5, 0.6) is 0 Å². The standard InChI is InChI=1S/C12H17ClN2O2/c1-4-14-9(3)8(2)11-6-5-10(13)7-12(11)15(16)17/h5-9,14H,4H2,1-3H3. The molecule has 0 radical (unpaired) electrons. The van der Waals surface area contributed by atoms with Gasteiger partial charge in [-0.3, -0.25) is 10.1 Å². The second-order valence-corrected chi connectivity index (χ2v) is 4.53. The van der Waals surface area contributed by atoms with Gasteiger partial charge in [-0.1, -0.05) is 31.5 Å². The first-order valence-corrected chi connectivity index (χ1v) is 6.02. The average Bonchev–Trinajstić information content (AvgIpc) is 2.28. The summed E-state index contributed by atoms with van der Waals surface area (Å²) >= 11 is 5.79. The number of benzene rings is 1. The molecule has 0 aliphatic heterocycles. The molecule has 1 aromatic rings. The number of likely N-dealkylation sites (N-methyl/N-ethyl adjacent to an activating group) is 1. The predicted molar refractivity (Wildman–Crippen MR) is 69.7 cm³/mol. The molecular weight excluding hydrogens is 240 g/mol. The van der Waals surface area contributed by atoms with Crippen LogP contribution in [0.1, 0.15) is 32.3 Å². The van der Waals surface area contributed by atoms with Crippen molar-refractivity contribution in [3.05, 3.63) is 38.9 Å². The van der Waals surface area contributed by atoms with Crippen LogP contribution in [0.15, 0.2) is 18.2 Å². The van der Waals surface area contributed by atoms with Crippen LogP contribution in [-0.4, -0.2) is 17.5 Å². The molecule has 2 atom stereocenters. The zero-order valence-electron chi connectivity index (χ0n) is 10.2. The molecule has 4 nitrogen and oxygen atoms in total. The monoisotopic (exact) mass is 256 g/mol. The van der Waals surface area contributed by atoms with Crippen LogP contribution in [0, 0.1) is 10.1 Å². The summed E-state index contributed by atoms with van der Waals surface area (Å²) in [4.78, 5) is 10.6. The highest BCUT2D eigenvalue weighted by atomic mass is 35.5. The van der Waals surface area contributed by atoms with Gasteiger partial charge in [-0.05, 0) is 19.5 Å². The Bertz CT molecular complexity index is 409. The topological polar surface area (TPSA) is 55.2 Å². The van der Waals surface area contributed by atoms with Crippen molar-refractivity contribution >= 4 is 17.3 Å². The Balaban J connectivity index is 3.08. The van der Waals surface area contributed by atoms with Crippen molar-refractivity contribution in [1.82, 2.24) is 5.32 Å². The van der Waals surface area contributed by atoms with Crippen LogP contribution in [0.25, 0.3) is 0 Å². The Morgan fingerprint density at radius 1 is 1.47 bits per heavy atom. The lowest BCUT2D eigenvalue weighted by molar-refractivity contribution is -0.385. The molecule has 0 heterocycles. The third-order valence-corrected chi connectivity index (χ3v) is 3.19. The number of nitro groups is 1. The van der Waals surface area contributed by atoms with Crippen LogP contribution >= 0.6 is 11.6 Å². The van der Waals surface area contributed by atoms with E-state index in [0.29, 0.717) is 10.6 Å². The summed E-state index contributed by atoms with van der Waals surface area (Å²) in [5, 5.41) is 14.6. The fraction of sp³-hybridized carbons (Fsp3) is 0.500. The first-order chi connectivity index (χ1) is 7.97. The van der Waals surface area contributed by atoms with Gasteiger partial charge < -0.3 is 5.32 Å². The molecule has 94 valence electrons. The maximum absolute atomic E-state index is 11.0. The minimum atomic E-state index is -0.379. The second kappa shape index (κ2) is 5.98. The second-order valence-electron chi connectivity index (χ2n) is 4.10. The summed E-state index contributed by atoms with van der Waals surface area (Å²) in [5.41, 5.74) is 0.808. The third-order valence-electron chi connectivity index (χ3n) is 2.96. The molecular formula is C12H17ClN2O2. The molecule has 0 bridgehead atoms. The minimum absolute atomic E-state index is 0.0626. The number of nitrogens with one attached hydrogen (secondary N) is 1. The predicted octanol–water partition coefficient (Wildman–Crippen LogP) is 3.35. The van der Waals surface area contributed by atoms with Gasteiger partial charge in [0.1, 0.15) is 0 Å². The normalized spacial score (nSPS) is 14.4. The zero-order valence-corrected chi connectivity index (χ0v) is 11.0. The molecule has 2 unspecified atom stereocenters. The van der Waals surface area contributed by atoms with Crippen LogP contribution in [0.2, 0.25) is 5.02 Å². The lowest BCUT2D eigenvalue weighted by atomic mass is 9.93. The highest BCUT2D eigenvalue weighted by molar-refractivity contribution is 6.30. The molecule has 1 rings (SSSR count). The van der Waals surface area contributed by atoms with Crippen LogP contribution in [-0.2, 0) is 0 Å². The van der Waals surface area contributed by atoms with Gasteiger partial charge in [-0.15, -0.1) is 0 Å². The van der Waals surface area contributed by atoms with Gasteiger partial charge in [0.05, 0.1) is 4.92 Å². The van der Waals surface area contributed by atoms with Crippen molar-refractivity contribution in [3.63, 3.8) is 0 Å². The minimum Gasteiger partial charge on any atom is -0.314 e. The van der Waals surface area contributed by atoms with Crippen LogP contribution < -0.4 is 5.32 Å². The van der Waals surface area contributed by atoms with Crippen molar-refractivity contribution in [1.29, 1.82) is 0 Å². The van der Waals surface area contributed by atoms with Crippen molar-refractivity contribution in [2.45, 2.75) is 32.7 Å². The van der Waals surface area contributed by atoms with Gasteiger partial charge in [0.15, 0.2) is 0 Å². The maximum atomic E-state index is 11.0. The Hall–Kier alpha value is -1.13. The largest absolute Gasteiger partial charge is 0.314 e. The molecule has 0 spiro atoms. The van der Waals surface area contributed by atoms with E-state index in [0.717, 1.165) is 6.54 Å². The first kappa shape index (κ1) is 13.9. The van der Waals surface area contributed by atoms with Gasteiger partial charge >= 0.3 is 0 Å². The highest BCUT2D eigenvalue weighted by Crippen LogP contribution is 2.31. The molecule has 0 aliphatic carbocycles. The van der Waals surface area contributed by atoms with Crippen molar-refractivity contribution in [2.75, 3.05) is 6.54 Å². The van der Waals surface area contributed by atoms with E-state index in [1.54, 1.807) is 12.1 Å². The van der Waals surface area contributed by atoms with Crippen molar-refractivity contribution in [3.8, 4) is 0 Å². The number of nitro benzene ring substituents is 1. The molecule has 5 heteroatoms. The highest BCUT2D eigenvalue weighted by Gasteiger charge is 2.22. The van der Waals surface area contributed by atoms with E-state index < -0.39 is 0 Å². The molecule has 0 saturated heterocycles. The fourth-order valence-corrected chi connectivity index (χ4v) is 1.99. The fourth-order valence-electron chi connectivity index (χ4n) is 1.83. The Kier molecular flexibility index (Phi) is 4.90. The quantitative estimate of drug-likeness (QED) is 0.649. The number of halogens is 1. The SMILES string of the molecule is CCNC(C)C(C)c1ccc(Cl)cc1[N+](=O)[O-]. The molecule has 17 heavy (non-hydrogen) atoms. The molecule has 1 N–H and O–H groups in total. The third kappa shape index (κ3) is 3.41. The van der Waals surface area contributed by atoms with E-state index in [1.165, 1.54) is 6.07 Å². The summed E-state index contributed by atoms with van der Waals surface area (Å²) in [6.45, 7) is 6.85. The van der Waals surface area contributed by atoms with Crippen LogP contribution in [0.4, 0.5) is 5.69 Å². The van der Waals surface area contributed by atoms with Gasteiger partial charge in [-0.2, -0.15) is 0 Å². The summed E-state index contributed by atoms with van der Waals surface area (Å²) in [6, 6.07) is 5.02.